The van der Waals surface area contributed by atoms with Gasteiger partial charge in [-0.2, -0.15) is 39.5 Å². The summed E-state index contributed by atoms with van der Waals surface area (Å²) in [5, 5.41) is 1.99. The van der Waals surface area contributed by atoms with Crippen LogP contribution >= 0.6 is 22.6 Å². The zero-order valence-corrected chi connectivity index (χ0v) is 12.2. The summed E-state index contributed by atoms with van der Waals surface area (Å²) < 4.78 is 112. The summed E-state index contributed by atoms with van der Waals surface area (Å²) in [6.45, 7) is -0.551. The first-order chi connectivity index (χ1) is 9.20. The summed E-state index contributed by atoms with van der Waals surface area (Å²) in [6.07, 6.45) is -9.64. The Morgan fingerprint density at radius 2 is 1.38 bits per heavy atom. The lowest BCUT2D eigenvalue weighted by Gasteiger charge is -2.33. The molecule has 0 aromatic carbocycles. The fourth-order valence-electron chi connectivity index (χ4n) is 1.15. The number of hydrogen-bond acceptors (Lipinski definition) is 1. The van der Waals surface area contributed by atoms with Crippen molar-refractivity contribution in [1.29, 1.82) is 0 Å². The lowest BCUT2D eigenvalue weighted by Crippen LogP contribution is -2.60. The summed E-state index contributed by atoms with van der Waals surface area (Å²) in [5.74, 6) is -19.7. The van der Waals surface area contributed by atoms with Crippen LogP contribution in [0.5, 0.6) is 0 Å². The van der Waals surface area contributed by atoms with Gasteiger partial charge < -0.3 is 5.32 Å². The van der Waals surface area contributed by atoms with Gasteiger partial charge >= 0.3 is 23.9 Å². The standard InChI is InChI=1S/C9H9F9INO/c10-6(11,2-1-3-20-5(21)4-19)7(12,13)8(14,15)9(16,17)18/h1-4H2,(H,20,21). The molecule has 0 aromatic rings. The largest absolute Gasteiger partial charge is 0.460 e. The Morgan fingerprint density at radius 1 is 0.905 bits per heavy atom. The second-order valence-electron chi connectivity index (χ2n) is 3.94. The van der Waals surface area contributed by atoms with Gasteiger partial charge in [-0.3, -0.25) is 4.79 Å². The minimum absolute atomic E-state index is 0.0591. The lowest BCUT2D eigenvalue weighted by molar-refractivity contribution is -0.396. The van der Waals surface area contributed by atoms with Crippen LogP contribution in [0.1, 0.15) is 12.8 Å². The molecule has 1 amide bonds. The van der Waals surface area contributed by atoms with Crippen LogP contribution in [0.4, 0.5) is 39.5 Å². The van der Waals surface area contributed by atoms with Crippen LogP contribution in [0, 0.1) is 0 Å². The van der Waals surface area contributed by atoms with Gasteiger partial charge in [-0.05, 0) is 6.42 Å². The minimum Gasteiger partial charge on any atom is -0.355 e. The van der Waals surface area contributed by atoms with Crippen molar-refractivity contribution < 1.29 is 44.3 Å². The average Bonchev–Trinajstić information content (AvgIpc) is 2.32. The number of nitrogens with one attached hydrogen (secondary N) is 1. The van der Waals surface area contributed by atoms with Crippen LogP contribution in [-0.2, 0) is 4.79 Å². The molecule has 0 heterocycles. The van der Waals surface area contributed by atoms with Crippen LogP contribution in [0.3, 0.4) is 0 Å². The third-order valence-corrected chi connectivity index (χ3v) is 3.01. The first-order valence-electron chi connectivity index (χ1n) is 5.23. The van der Waals surface area contributed by atoms with Gasteiger partial charge in [-0.15, -0.1) is 0 Å². The Kier molecular flexibility index (Phi) is 6.63. The maximum atomic E-state index is 13.0. The van der Waals surface area contributed by atoms with E-state index >= 15 is 0 Å². The minimum atomic E-state index is -6.87. The monoisotopic (exact) mass is 445 g/mol. The quantitative estimate of drug-likeness (QED) is 0.275. The molecule has 126 valence electrons. The van der Waals surface area contributed by atoms with E-state index in [0.717, 1.165) is 0 Å². The average molecular weight is 445 g/mol. The van der Waals surface area contributed by atoms with Gasteiger partial charge in [0, 0.05) is 13.0 Å². The summed E-state index contributed by atoms with van der Waals surface area (Å²) in [6, 6.07) is 0. The van der Waals surface area contributed by atoms with Gasteiger partial charge in [0.05, 0.1) is 4.43 Å². The van der Waals surface area contributed by atoms with E-state index in [9.17, 15) is 44.3 Å². The highest BCUT2D eigenvalue weighted by Gasteiger charge is 2.81. The van der Waals surface area contributed by atoms with Crippen LogP contribution < -0.4 is 5.32 Å². The molecule has 1 N–H and O–H groups in total. The van der Waals surface area contributed by atoms with Gasteiger partial charge in [0.15, 0.2) is 0 Å². The first kappa shape index (κ1) is 20.6. The van der Waals surface area contributed by atoms with E-state index in [4.69, 9.17) is 0 Å². The second kappa shape index (κ2) is 6.77. The van der Waals surface area contributed by atoms with Crippen LogP contribution in [0.15, 0.2) is 0 Å². The highest BCUT2D eigenvalue weighted by atomic mass is 127. The third-order valence-electron chi connectivity index (χ3n) is 2.32. The third kappa shape index (κ3) is 4.52. The van der Waals surface area contributed by atoms with E-state index in [2.05, 4.69) is 0 Å². The molecule has 0 aromatic heterocycles. The van der Waals surface area contributed by atoms with Crippen molar-refractivity contribution in [2.24, 2.45) is 0 Å². The molecule has 21 heavy (non-hydrogen) atoms. The molecule has 0 aliphatic carbocycles. The van der Waals surface area contributed by atoms with E-state index in [0.29, 0.717) is 0 Å². The van der Waals surface area contributed by atoms with Gasteiger partial charge in [0.1, 0.15) is 0 Å². The number of alkyl halides is 10. The zero-order valence-electron chi connectivity index (χ0n) is 10.0. The molecule has 0 unspecified atom stereocenters. The van der Waals surface area contributed by atoms with Crippen molar-refractivity contribution >= 4 is 28.5 Å². The van der Waals surface area contributed by atoms with Gasteiger partial charge in [0.25, 0.3) is 0 Å². The molecule has 2 nitrogen and oxygen atoms in total. The first-order valence-corrected chi connectivity index (χ1v) is 6.76. The van der Waals surface area contributed by atoms with Crippen molar-refractivity contribution in [3.63, 3.8) is 0 Å². The smallest absolute Gasteiger partial charge is 0.355 e. The van der Waals surface area contributed by atoms with Crippen molar-refractivity contribution in [2.75, 3.05) is 11.0 Å². The summed E-state index contributed by atoms with van der Waals surface area (Å²) in [5.41, 5.74) is 0. The number of carbonyl (C=O) groups is 1. The maximum absolute atomic E-state index is 13.0. The van der Waals surface area contributed by atoms with Crippen molar-refractivity contribution in [3.8, 4) is 0 Å². The molecular formula is C9H9F9INO. The molecular weight excluding hydrogens is 436 g/mol. The molecule has 0 saturated heterocycles. The highest BCUT2D eigenvalue weighted by Crippen LogP contribution is 2.54. The van der Waals surface area contributed by atoms with Crippen LogP contribution in [0.25, 0.3) is 0 Å². The van der Waals surface area contributed by atoms with E-state index in [1.54, 1.807) is 22.6 Å². The number of carbonyl (C=O) groups excluding carboxylic acids is 1. The molecule has 12 heteroatoms. The van der Waals surface area contributed by atoms with Crippen molar-refractivity contribution in [3.05, 3.63) is 0 Å². The fourth-order valence-corrected chi connectivity index (χ4v) is 1.42. The fraction of sp³-hybridized carbons (Fsp3) is 0.889. The maximum Gasteiger partial charge on any atom is 0.460 e. The number of hydrogen-bond donors (Lipinski definition) is 1. The summed E-state index contributed by atoms with van der Waals surface area (Å²) >= 11 is 1.61. The van der Waals surface area contributed by atoms with Gasteiger partial charge in [-0.25, -0.2) is 0 Å². The SMILES string of the molecule is O=C(CI)NCCCC(F)(F)C(F)(F)C(F)(F)C(F)(F)F. The lowest BCUT2D eigenvalue weighted by atomic mass is 9.99. The van der Waals surface area contributed by atoms with Gasteiger partial charge in [0.2, 0.25) is 5.91 Å². The van der Waals surface area contributed by atoms with Crippen LogP contribution in [0.2, 0.25) is 0 Å². The van der Waals surface area contributed by atoms with Gasteiger partial charge in [-0.1, -0.05) is 22.6 Å². The second-order valence-corrected chi connectivity index (χ2v) is 4.70. The predicted octanol–water partition coefficient (Wildman–Crippen LogP) is 3.79. The predicted molar refractivity (Wildman–Crippen MR) is 62.0 cm³/mol. The normalized spacial score (nSPS) is 14.2. The van der Waals surface area contributed by atoms with Crippen molar-refractivity contribution in [2.45, 2.75) is 36.8 Å². The Bertz CT molecular complexity index is 369. The van der Waals surface area contributed by atoms with Crippen molar-refractivity contribution in [1.82, 2.24) is 5.32 Å². The van der Waals surface area contributed by atoms with E-state index in [1.807, 2.05) is 5.32 Å². The number of rotatable bonds is 7. The molecule has 0 spiro atoms. The molecule has 0 aliphatic rings. The molecule has 0 radical (unpaired) electrons. The number of halogens is 10. The summed E-state index contributed by atoms with van der Waals surface area (Å²) in [7, 11) is 0. The topological polar surface area (TPSA) is 29.1 Å². The number of amides is 1. The molecule has 0 aliphatic heterocycles. The Hall–Kier alpha value is -0.430. The summed E-state index contributed by atoms with van der Waals surface area (Å²) in [4.78, 5) is 10.7. The molecule has 0 saturated carbocycles. The van der Waals surface area contributed by atoms with E-state index in [-0.39, 0.29) is 4.43 Å². The molecule has 0 atom stereocenters. The Morgan fingerprint density at radius 3 is 1.76 bits per heavy atom. The Labute approximate surface area is 126 Å². The zero-order chi connectivity index (χ0) is 17.1. The highest BCUT2D eigenvalue weighted by molar-refractivity contribution is 14.1. The van der Waals surface area contributed by atoms with E-state index in [1.165, 1.54) is 0 Å². The molecule has 0 fully saturated rings. The van der Waals surface area contributed by atoms with E-state index < -0.39 is 49.2 Å². The van der Waals surface area contributed by atoms with Crippen LogP contribution in [-0.4, -0.2) is 40.8 Å². The molecule has 0 rings (SSSR count). The Balaban J connectivity index is 4.85. The molecule has 0 bridgehead atoms.